The van der Waals surface area contributed by atoms with Crippen molar-refractivity contribution in [1.29, 1.82) is 0 Å². The van der Waals surface area contributed by atoms with Gasteiger partial charge in [-0.15, -0.1) is 0 Å². The number of hydrogen-bond donors (Lipinski definition) is 1. The molecule has 18 heavy (non-hydrogen) atoms. The quantitative estimate of drug-likeness (QED) is 0.748. The minimum absolute atomic E-state index is 0.849. The first-order valence-electron chi connectivity index (χ1n) is 8.20. The van der Waals surface area contributed by atoms with Crippen LogP contribution in [0.15, 0.2) is 0 Å². The molecular formula is C16H32N2. The fraction of sp³-hybridized carbons (Fsp3) is 1.00. The van der Waals surface area contributed by atoms with Crippen LogP contribution < -0.4 is 5.32 Å². The molecular weight excluding hydrogens is 220 g/mol. The largest absolute Gasteiger partial charge is 0.316 e. The van der Waals surface area contributed by atoms with Gasteiger partial charge in [-0.1, -0.05) is 26.7 Å². The summed E-state index contributed by atoms with van der Waals surface area (Å²) in [5.41, 5.74) is 0. The second-order valence-electron chi connectivity index (χ2n) is 6.80. The Morgan fingerprint density at radius 3 is 2.50 bits per heavy atom. The monoisotopic (exact) mass is 252 g/mol. The molecule has 0 aromatic carbocycles. The zero-order valence-electron chi connectivity index (χ0n) is 12.5. The standard InChI is InChI=1S/C16H32N2/c1-14(2)8-11-18(16-5-3-4-6-16)12-9-15-7-10-17-13-15/h14-17H,3-13H2,1-2H3. The Kier molecular flexibility index (Phi) is 5.97. The van der Waals surface area contributed by atoms with Crippen molar-refractivity contribution >= 4 is 0 Å². The molecule has 1 aliphatic heterocycles. The summed E-state index contributed by atoms with van der Waals surface area (Å²) in [7, 11) is 0. The third kappa shape index (κ3) is 4.55. The SMILES string of the molecule is CC(C)CCN(CCC1CCNC1)C1CCCC1. The van der Waals surface area contributed by atoms with E-state index >= 15 is 0 Å². The van der Waals surface area contributed by atoms with Crippen molar-refractivity contribution in [2.24, 2.45) is 11.8 Å². The van der Waals surface area contributed by atoms with Crippen molar-refractivity contribution < 1.29 is 0 Å². The lowest BCUT2D eigenvalue weighted by Gasteiger charge is -2.30. The second-order valence-corrected chi connectivity index (χ2v) is 6.80. The van der Waals surface area contributed by atoms with Crippen LogP contribution in [0.5, 0.6) is 0 Å². The highest BCUT2D eigenvalue weighted by atomic mass is 15.2. The van der Waals surface area contributed by atoms with E-state index in [-0.39, 0.29) is 0 Å². The van der Waals surface area contributed by atoms with Gasteiger partial charge in [0, 0.05) is 6.04 Å². The summed E-state index contributed by atoms with van der Waals surface area (Å²) in [6.07, 6.45) is 10.0. The molecule has 0 aromatic heterocycles. The Morgan fingerprint density at radius 2 is 1.89 bits per heavy atom. The van der Waals surface area contributed by atoms with Gasteiger partial charge in [-0.25, -0.2) is 0 Å². The van der Waals surface area contributed by atoms with Crippen LogP contribution in [0.3, 0.4) is 0 Å². The molecule has 2 fully saturated rings. The normalized spacial score (nSPS) is 25.7. The molecule has 1 aliphatic carbocycles. The van der Waals surface area contributed by atoms with E-state index in [0.717, 1.165) is 17.9 Å². The molecule has 1 saturated carbocycles. The van der Waals surface area contributed by atoms with Gasteiger partial charge < -0.3 is 10.2 Å². The fourth-order valence-electron chi connectivity index (χ4n) is 3.48. The highest BCUT2D eigenvalue weighted by molar-refractivity contribution is 4.80. The molecule has 0 amide bonds. The van der Waals surface area contributed by atoms with Gasteiger partial charge in [0.15, 0.2) is 0 Å². The maximum absolute atomic E-state index is 3.50. The zero-order chi connectivity index (χ0) is 12.8. The molecule has 2 aliphatic rings. The lowest BCUT2D eigenvalue weighted by molar-refractivity contribution is 0.177. The summed E-state index contributed by atoms with van der Waals surface area (Å²) in [4.78, 5) is 2.82. The van der Waals surface area contributed by atoms with Gasteiger partial charge in [0.05, 0.1) is 0 Å². The highest BCUT2D eigenvalue weighted by Gasteiger charge is 2.23. The Balaban J connectivity index is 1.74. The smallest absolute Gasteiger partial charge is 0.00952 e. The maximum Gasteiger partial charge on any atom is 0.00952 e. The van der Waals surface area contributed by atoms with Gasteiger partial charge in [0.1, 0.15) is 0 Å². The molecule has 1 unspecified atom stereocenters. The zero-order valence-corrected chi connectivity index (χ0v) is 12.5. The van der Waals surface area contributed by atoms with Crippen molar-refractivity contribution in [1.82, 2.24) is 10.2 Å². The maximum atomic E-state index is 3.50. The molecule has 0 bridgehead atoms. The first-order valence-corrected chi connectivity index (χ1v) is 8.20. The number of nitrogens with zero attached hydrogens (tertiary/aromatic N) is 1. The minimum atomic E-state index is 0.849. The van der Waals surface area contributed by atoms with Gasteiger partial charge in [-0.3, -0.25) is 0 Å². The van der Waals surface area contributed by atoms with Crippen LogP contribution in [0.2, 0.25) is 0 Å². The predicted molar refractivity (Wildman–Crippen MR) is 78.9 cm³/mol. The van der Waals surface area contributed by atoms with Crippen molar-refractivity contribution in [3.05, 3.63) is 0 Å². The van der Waals surface area contributed by atoms with E-state index < -0.39 is 0 Å². The van der Waals surface area contributed by atoms with Crippen molar-refractivity contribution in [3.8, 4) is 0 Å². The molecule has 2 rings (SSSR count). The van der Waals surface area contributed by atoms with Crippen LogP contribution in [-0.2, 0) is 0 Å². The van der Waals surface area contributed by atoms with Crippen LogP contribution in [-0.4, -0.2) is 37.1 Å². The number of rotatable bonds is 7. The van der Waals surface area contributed by atoms with Gasteiger partial charge in [0.2, 0.25) is 0 Å². The van der Waals surface area contributed by atoms with E-state index in [1.807, 2.05) is 0 Å². The molecule has 0 spiro atoms. The Labute approximate surface area is 114 Å². The van der Waals surface area contributed by atoms with Crippen LogP contribution in [0, 0.1) is 11.8 Å². The first-order chi connectivity index (χ1) is 8.75. The van der Waals surface area contributed by atoms with Gasteiger partial charge in [-0.2, -0.15) is 0 Å². The summed E-state index contributed by atoms with van der Waals surface area (Å²) in [5, 5.41) is 3.50. The molecule has 1 atom stereocenters. The lowest BCUT2D eigenvalue weighted by atomic mass is 10.0. The summed E-state index contributed by atoms with van der Waals surface area (Å²) < 4.78 is 0. The molecule has 1 saturated heterocycles. The van der Waals surface area contributed by atoms with Crippen LogP contribution in [0.4, 0.5) is 0 Å². The number of hydrogen-bond acceptors (Lipinski definition) is 2. The second kappa shape index (κ2) is 7.49. The predicted octanol–water partition coefficient (Wildman–Crippen LogP) is 3.28. The average Bonchev–Trinajstić information content (AvgIpc) is 3.01. The Hall–Kier alpha value is -0.0800. The molecule has 106 valence electrons. The molecule has 0 aromatic rings. The third-order valence-electron chi connectivity index (χ3n) is 4.82. The van der Waals surface area contributed by atoms with E-state index in [1.54, 1.807) is 0 Å². The Morgan fingerprint density at radius 1 is 1.11 bits per heavy atom. The summed E-state index contributed by atoms with van der Waals surface area (Å²) in [6.45, 7) is 9.91. The van der Waals surface area contributed by atoms with E-state index in [2.05, 4.69) is 24.1 Å². The molecule has 2 heteroatoms. The van der Waals surface area contributed by atoms with Crippen molar-refractivity contribution in [3.63, 3.8) is 0 Å². The molecule has 1 N–H and O–H groups in total. The van der Waals surface area contributed by atoms with Crippen molar-refractivity contribution in [2.45, 2.75) is 64.8 Å². The topological polar surface area (TPSA) is 15.3 Å². The van der Waals surface area contributed by atoms with Crippen LogP contribution in [0.1, 0.15) is 58.8 Å². The van der Waals surface area contributed by atoms with E-state index in [9.17, 15) is 0 Å². The first kappa shape index (κ1) is 14.3. The van der Waals surface area contributed by atoms with Crippen LogP contribution >= 0.6 is 0 Å². The Bertz CT molecular complexity index is 215. The van der Waals surface area contributed by atoms with E-state index in [4.69, 9.17) is 0 Å². The van der Waals surface area contributed by atoms with E-state index in [1.165, 1.54) is 71.1 Å². The minimum Gasteiger partial charge on any atom is -0.316 e. The lowest BCUT2D eigenvalue weighted by Crippen LogP contribution is -2.36. The fourth-order valence-corrected chi connectivity index (χ4v) is 3.48. The van der Waals surface area contributed by atoms with Gasteiger partial charge in [-0.05, 0) is 70.1 Å². The number of nitrogens with one attached hydrogen (secondary N) is 1. The van der Waals surface area contributed by atoms with Crippen molar-refractivity contribution in [2.75, 3.05) is 26.2 Å². The van der Waals surface area contributed by atoms with Gasteiger partial charge in [0.25, 0.3) is 0 Å². The average molecular weight is 252 g/mol. The highest BCUT2D eigenvalue weighted by Crippen LogP contribution is 2.25. The summed E-state index contributed by atoms with van der Waals surface area (Å²) >= 11 is 0. The van der Waals surface area contributed by atoms with E-state index in [0.29, 0.717) is 0 Å². The van der Waals surface area contributed by atoms with Gasteiger partial charge >= 0.3 is 0 Å². The third-order valence-corrected chi connectivity index (χ3v) is 4.82. The molecule has 2 nitrogen and oxygen atoms in total. The summed E-state index contributed by atoms with van der Waals surface area (Å²) in [6, 6.07) is 0.915. The molecule has 0 radical (unpaired) electrons. The van der Waals surface area contributed by atoms with Crippen LogP contribution in [0.25, 0.3) is 0 Å². The summed E-state index contributed by atoms with van der Waals surface area (Å²) in [5.74, 6) is 1.80. The molecule has 1 heterocycles.